The van der Waals surface area contributed by atoms with E-state index in [4.69, 9.17) is 0 Å². The Morgan fingerprint density at radius 1 is 0.500 bits per heavy atom. The van der Waals surface area contributed by atoms with Crippen LogP contribution in [0, 0.1) is 29.1 Å². The largest absolute Gasteiger partial charge is 0.0776 e. The van der Waals surface area contributed by atoms with E-state index < -0.39 is 0 Å². The fraction of sp³-hybridized carbons (Fsp3) is 1.00. The molecule has 0 heterocycles. The molecule has 0 heteroatoms. The SMILES string of the molecule is C.CC(C)C(C(C)C)(C(C)C)C(C)C. The average molecular weight is 200 g/mol. The van der Waals surface area contributed by atoms with E-state index in [2.05, 4.69) is 55.4 Å². The molecule has 0 N–H and O–H groups in total. The summed E-state index contributed by atoms with van der Waals surface area (Å²) in [4.78, 5) is 0. The van der Waals surface area contributed by atoms with E-state index in [-0.39, 0.29) is 7.43 Å². The maximum atomic E-state index is 2.38. The molecule has 0 atom stereocenters. The summed E-state index contributed by atoms with van der Waals surface area (Å²) in [5.74, 6) is 3.08. The van der Waals surface area contributed by atoms with Crippen LogP contribution in [-0.2, 0) is 0 Å². The minimum atomic E-state index is 0. The highest BCUT2D eigenvalue weighted by atomic mass is 14.5. The van der Waals surface area contributed by atoms with Gasteiger partial charge in [0.05, 0.1) is 0 Å². The lowest BCUT2D eigenvalue weighted by molar-refractivity contribution is -0.00353. The molecule has 0 aliphatic rings. The van der Waals surface area contributed by atoms with E-state index in [1.807, 2.05) is 0 Å². The Labute approximate surface area is 92.5 Å². The summed E-state index contributed by atoms with van der Waals surface area (Å²) < 4.78 is 0. The summed E-state index contributed by atoms with van der Waals surface area (Å²) in [5.41, 5.74) is 0.500. The predicted octanol–water partition coefficient (Wildman–Crippen LogP) is 5.23. The summed E-state index contributed by atoms with van der Waals surface area (Å²) in [6, 6.07) is 0. The zero-order valence-electron chi connectivity index (χ0n) is 10.8. The number of hydrogen-bond donors (Lipinski definition) is 0. The summed E-state index contributed by atoms with van der Waals surface area (Å²) in [7, 11) is 0. The second-order valence-electron chi connectivity index (χ2n) is 5.62. The zero-order chi connectivity index (χ0) is 10.8. The molecule has 0 unspecified atom stereocenters. The third kappa shape index (κ3) is 2.52. The van der Waals surface area contributed by atoms with Gasteiger partial charge in [-0.1, -0.05) is 62.8 Å². The second-order valence-corrected chi connectivity index (χ2v) is 5.62. The van der Waals surface area contributed by atoms with Gasteiger partial charge in [-0.2, -0.15) is 0 Å². The van der Waals surface area contributed by atoms with Gasteiger partial charge in [0.2, 0.25) is 0 Å². The Bertz CT molecular complexity index is 103. The first-order valence-electron chi connectivity index (χ1n) is 5.77. The predicted molar refractivity (Wildman–Crippen MR) is 68.5 cm³/mol. The van der Waals surface area contributed by atoms with Crippen molar-refractivity contribution in [2.24, 2.45) is 29.1 Å². The molecule has 0 bridgehead atoms. The van der Waals surface area contributed by atoms with Gasteiger partial charge in [-0.05, 0) is 29.1 Å². The van der Waals surface area contributed by atoms with Crippen LogP contribution in [0.2, 0.25) is 0 Å². The molecule has 0 aliphatic heterocycles. The molecule has 0 nitrogen and oxygen atoms in total. The van der Waals surface area contributed by atoms with Crippen molar-refractivity contribution in [3.63, 3.8) is 0 Å². The van der Waals surface area contributed by atoms with E-state index in [9.17, 15) is 0 Å². The molecule has 0 radical (unpaired) electrons. The Hall–Kier alpha value is 0. The molecule has 14 heavy (non-hydrogen) atoms. The van der Waals surface area contributed by atoms with E-state index >= 15 is 0 Å². The standard InChI is InChI=1S/C13H28.CH4/c1-9(2)13(10(3)4,11(5)6)12(7)8;/h9-12H,1-8H3;1H4. The molecule has 0 aromatic carbocycles. The van der Waals surface area contributed by atoms with Crippen LogP contribution in [0.4, 0.5) is 0 Å². The van der Waals surface area contributed by atoms with Crippen molar-refractivity contribution in [3.05, 3.63) is 0 Å². The average Bonchev–Trinajstić information content (AvgIpc) is 1.82. The Morgan fingerprint density at radius 2 is 0.643 bits per heavy atom. The minimum absolute atomic E-state index is 0. The summed E-state index contributed by atoms with van der Waals surface area (Å²) in [6.07, 6.45) is 0. The van der Waals surface area contributed by atoms with E-state index in [0.29, 0.717) is 5.41 Å². The summed E-state index contributed by atoms with van der Waals surface area (Å²) in [5, 5.41) is 0. The van der Waals surface area contributed by atoms with E-state index in [1.54, 1.807) is 0 Å². The van der Waals surface area contributed by atoms with Crippen LogP contribution in [0.15, 0.2) is 0 Å². The van der Waals surface area contributed by atoms with Crippen LogP contribution in [0.25, 0.3) is 0 Å². The number of rotatable bonds is 4. The second kappa shape index (κ2) is 5.78. The molecular weight excluding hydrogens is 168 g/mol. The third-order valence-corrected chi connectivity index (χ3v) is 4.00. The van der Waals surface area contributed by atoms with Crippen LogP contribution >= 0.6 is 0 Å². The Balaban J connectivity index is 0. The lowest BCUT2D eigenvalue weighted by Crippen LogP contribution is -2.42. The summed E-state index contributed by atoms with van der Waals surface area (Å²) >= 11 is 0. The van der Waals surface area contributed by atoms with Crippen molar-refractivity contribution >= 4 is 0 Å². The van der Waals surface area contributed by atoms with Crippen LogP contribution < -0.4 is 0 Å². The smallest absolute Gasteiger partial charge is 0.0205 e. The van der Waals surface area contributed by atoms with Gasteiger partial charge in [0.15, 0.2) is 0 Å². The fourth-order valence-corrected chi connectivity index (χ4v) is 4.00. The molecular formula is C14H32. The van der Waals surface area contributed by atoms with Crippen molar-refractivity contribution in [2.45, 2.75) is 62.8 Å². The van der Waals surface area contributed by atoms with Crippen molar-refractivity contribution in [2.75, 3.05) is 0 Å². The van der Waals surface area contributed by atoms with Gasteiger partial charge in [0, 0.05) is 0 Å². The molecule has 0 aliphatic carbocycles. The van der Waals surface area contributed by atoms with Crippen molar-refractivity contribution < 1.29 is 0 Å². The van der Waals surface area contributed by atoms with E-state index in [1.165, 1.54) is 0 Å². The molecule has 0 fully saturated rings. The lowest BCUT2D eigenvalue weighted by Gasteiger charge is -2.49. The lowest BCUT2D eigenvalue weighted by atomic mass is 9.56. The highest BCUT2D eigenvalue weighted by Crippen LogP contribution is 2.48. The highest BCUT2D eigenvalue weighted by Gasteiger charge is 2.42. The molecule has 0 rings (SSSR count). The van der Waals surface area contributed by atoms with Gasteiger partial charge in [-0.25, -0.2) is 0 Å². The number of hydrogen-bond acceptors (Lipinski definition) is 0. The molecule has 0 saturated heterocycles. The Kier molecular flexibility index (Phi) is 6.78. The zero-order valence-corrected chi connectivity index (χ0v) is 10.8. The quantitative estimate of drug-likeness (QED) is 0.582. The maximum absolute atomic E-state index is 2.38. The monoisotopic (exact) mass is 200 g/mol. The molecule has 0 saturated carbocycles. The van der Waals surface area contributed by atoms with Gasteiger partial charge >= 0.3 is 0 Å². The van der Waals surface area contributed by atoms with Gasteiger partial charge in [0.25, 0.3) is 0 Å². The molecule has 88 valence electrons. The van der Waals surface area contributed by atoms with Crippen molar-refractivity contribution in [1.82, 2.24) is 0 Å². The van der Waals surface area contributed by atoms with Gasteiger partial charge in [0.1, 0.15) is 0 Å². The first kappa shape index (κ1) is 16.4. The third-order valence-electron chi connectivity index (χ3n) is 4.00. The van der Waals surface area contributed by atoms with Gasteiger partial charge < -0.3 is 0 Å². The van der Waals surface area contributed by atoms with Crippen LogP contribution in [0.1, 0.15) is 62.8 Å². The molecule has 0 amide bonds. The van der Waals surface area contributed by atoms with Crippen molar-refractivity contribution in [3.8, 4) is 0 Å². The fourth-order valence-electron chi connectivity index (χ4n) is 4.00. The minimum Gasteiger partial charge on any atom is -0.0776 e. The maximum Gasteiger partial charge on any atom is -0.0205 e. The molecule has 0 aromatic rings. The Morgan fingerprint density at radius 3 is 0.643 bits per heavy atom. The topological polar surface area (TPSA) is 0 Å². The van der Waals surface area contributed by atoms with Crippen LogP contribution in [-0.4, -0.2) is 0 Å². The molecule has 0 spiro atoms. The van der Waals surface area contributed by atoms with E-state index in [0.717, 1.165) is 23.7 Å². The normalized spacial score (nSPS) is 12.9. The van der Waals surface area contributed by atoms with Crippen molar-refractivity contribution in [1.29, 1.82) is 0 Å². The van der Waals surface area contributed by atoms with Crippen LogP contribution in [0.3, 0.4) is 0 Å². The van der Waals surface area contributed by atoms with Crippen LogP contribution in [0.5, 0.6) is 0 Å². The first-order valence-corrected chi connectivity index (χ1v) is 5.77. The summed E-state index contributed by atoms with van der Waals surface area (Å²) in [6.45, 7) is 19.0. The van der Waals surface area contributed by atoms with Gasteiger partial charge in [-0.3, -0.25) is 0 Å². The highest BCUT2D eigenvalue weighted by molar-refractivity contribution is 4.90. The first-order chi connectivity index (χ1) is 5.77. The van der Waals surface area contributed by atoms with Gasteiger partial charge in [-0.15, -0.1) is 0 Å². The molecule has 0 aromatic heterocycles.